The zero-order valence-electron chi connectivity index (χ0n) is 67.2. The zero-order valence-corrected chi connectivity index (χ0v) is 67.9. The minimum absolute atomic E-state index is 0.0117. The van der Waals surface area contributed by atoms with Crippen LogP contribution in [0, 0.1) is 23.2 Å². The molecule has 3 aliphatic heterocycles. The molecule has 0 aromatic heterocycles. The van der Waals surface area contributed by atoms with Crippen molar-refractivity contribution in [2.75, 3.05) is 47.5 Å². The van der Waals surface area contributed by atoms with Crippen molar-refractivity contribution in [3.8, 4) is 5.75 Å². The summed E-state index contributed by atoms with van der Waals surface area (Å²) in [6.07, 6.45) is -11.0. The van der Waals surface area contributed by atoms with Crippen LogP contribution in [0.2, 0.25) is 0 Å². The van der Waals surface area contributed by atoms with Crippen molar-refractivity contribution in [3.05, 3.63) is 53.6 Å². The van der Waals surface area contributed by atoms with Gasteiger partial charge in [-0.25, -0.2) is 4.79 Å². The summed E-state index contributed by atoms with van der Waals surface area (Å²) >= 11 is 6.83. The largest absolute Gasteiger partial charge is 0.462 e. The van der Waals surface area contributed by atoms with Gasteiger partial charge in [0.25, 0.3) is 5.91 Å². The lowest BCUT2D eigenvalue weighted by Crippen LogP contribution is -2.69. The van der Waals surface area contributed by atoms with E-state index in [-0.39, 0.29) is 30.2 Å². The number of likely N-dealkylation sites (N-methyl/N-ethyl adjacent to an activating group) is 1. The number of alkyl halides is 1. The predicted molar refractivity (Wildman–Crippen MR) is 405 cm³/mol. The fourth-order valence-corrected chi connectivity index (χ4v) is 12.8. The number of aliphatic hydroxyl groups is 7. The number of carbonyl (C=O) groups excluding carboxylic acids is 13. The van der Waals surface area contributed by atoms with E-state index < -0.39 is 252 Å². The number of nitrogens with zero attached hydrogens (tertiary/aromatic N) is 2. The van der Waals surface area contributed by atoms with Gasteiger partial charge in [-0.15, -0.1) is 11.6 Å². The smallest absolute Gasteiger partial charge is 0.329 e. The minimum atomic E-state index is -2.49. The molecule has 3 heterocycles. The van der Waals surface area contributed by atoms with Gasteiger partial charge in [0.1, 0.15) is 96.2 Å². The third-order valence-electron chi connectivity index (χ3n) is 20.8. The van der Waals surface area contributed by atoms with Crippen LogP contribution in [-0.4, -0.2) is 296 Å². The lowest BCUT2D eigenvalue weighted by Gasteiger charge is -2.41. The first-order chi connectivity index (χ1) is 52.4. The fraction of sp³-hybridized carbons (Fsp3) is 0.689. The number of primary amides is 1. The summed E-state index contributed by atoms with van der Waals surface area (Å²) in [6, 6.07) is -11.0. The molecule has 1 aromatic rings. The summed E-state index contributed by atoms with van der Waals surface area (Å²) in [5.74, 6) is -17.6. The maximum absolute atomic E-state index is 15.8. The zero-order chi connectivity index (χ0) is 86.0. The Balaban J connectivity index is 1.88. The van der Waals surface area contributed by atoms with Crippen molar-refractivity contribution in [1.29, 1.82) is 0 Å². The van der Waals surface area contributed by atoms with E-state index in [0.29, 0.717) is 0 Å². The topological polar surface area (TPSA) is 576 Å². The molecule has 12 amide bonds. The number of amides is 12. The highest BCUT2D eigenvalue weighted by Gasteiger charge is 2.51. The number of methoxy groups -OCH3 is 2. The number of nitrogens with one attached hydrogen (secondary N) is 9. The van der Waals surface area contributed by atoms with Crippen molar-refractivity contribution in [3.63, 3.8) is 0 Å². The third-order valence-corrected chi connectivity index (χ3v) is 21.2. The van der Waals surface area contributed by atoms with Crippen molar-refractivity contribution >= 4 is 88.5 Å². The molecule has 3 fully saturated rings. The van der Waals surface area contributed by atoms with Crippen molar-refractivity contribution in [2.45, 2.75) is 255 Å². The molecule has 3 aliphatic rings. The number of ether oxygens (including phenoxy) is 5. The molecule has 3 saturated heterocycles. The lowest BCUT2D eigenvalue weighted by molar-refractivity contribution is -0.268. The maximum atomic E-state index is 15.8. The summed E-state index contributed by atoms with van der Waals surface area (Å²) < 4.78 is 29.0. The number of benzene rings is 1. The van der Waals surface area contributed by atoms with Crippen LogP contribution >= 0.6 is 11.6 Å². The lowest BCUT2D eigenvalue weighted by atomic mass is 9.74. The van der Waals surface area contributed by atoms with E-state index in [1.54, 1.807) is 6.92 Å². The van der Waals surface area contributed by atoms with Gasteiger partial charge in [-0.2, -0.15) is 0 Å². The van der Waals surface area contributed by atoms with Crippen LogP contribution in [0.25, 0.3) is 0 Å². The number of cyclic esters (lactones) is 1. The third kappa shape index (κ3) is 25.2. The van der Waals surface area contributed by atoms with Crippen LogP contribution in [0.4, 0.5) is 0 Å². The van der Waals surface area contributed by atoms with Gasteiger partial charge in [0.2, 0.25) is 71.3 Å². The van der Waals surface area contributed by atoms with Crippen molar-refractivity contribution in [1.82, 2.24) is 57.7 Å². The van der Waals surface area contributed by atoms with Gasteiger partial charge in [-0.05, 0) is 104 Å². The molecule has 0 saturated carbocycles. The molecule has 38 nitrogen and oxygen atoms in total. The number of esters is 1. The molecule has 636 valence electrons. The summed E-state index contributed by atoms with van der Waals surface area (Å²) in [4.78, 5) is 190. The minimum Gasteiger partial charge on any atom is -0.462 e. The van der Waals surface area contributed by atoms with E-state index in [9.17, 15) is 78.9 Å². The van der Waals surface area contributed by atoms with Gasteiger partial charge in [-0.1, -0.05) is 90.8 Å². The van der Waals surface area contributed by atoms with Gasteiger partial charge in [0, 0.05) is 44.6 Å². The average Bonchev–Trinajstić information content (AvgIpc) is 0.732. The van der Waals surface area contributed by atoms with Crippen LogP contribution in [0.15, 0.2) is 48.1 Å². The number of piperidine rings is 1. The Kier molecular flexibility index (Phi) is 36.1. The first-order valence-electron chi connectivity index (χ1n) is 37.2. The molecule has 39 heteroatoms. The number of hydrogen-bond donors (Lipinski definition) is 18. The number of carbonyl (C=O) groups is 13. The molecule has 24 unspecified atom stereocenters. The van der Waals surface area contributed by atoms with E-state index in [0.717, 1.165) is 70.8 Å². The molecular weight excluding hydrogens is 1510 g/mol. The summed E-state index contributed by atoms with van der Waals surface area (Å²) in [6.45, 7) is 17.8. The van der Waals surface area contributed by atoms with Crippen LogP contribution in [0.1, 0.15) is 135 Å². The van der Waals surface area contributed by atoms with Crippen LogP contribution in [0.3, 0.4) is 0 Å². The number of aliphatic hydroxyl groups excluding tert-OH is 6. The van der Waals surface area contributed by atoms with Crippen molar-refractivity contribution in [2.24, 2.45) is 34.6 Å². The second-order valence-corrected chi connectivity index (χ2v) is 31.1. The SMILES string of the molecule is CCC(C)C=C(C)C=CC(O)C(C)(O)C(=O)NCC(=O)NC(C)(C(=O)NC(C(=O)NC(C(=O)NC1C(=O)NC(COC)C(=O)NCC(=O)NC(C)C(=O)N(C)C(C(C)O)C(=O)NC(C(OC)c2ccc(OC3OC(C)C(O)C(O)C3O)cc2)C(=O)N2CCC(Cl)CC2C(=O)OC1C(C)C)C(C)C(C)(C)C(N)=O)C(C)N)C(C)O. The molecule has 1 aromatic carbocycles. The van der Waals surface area contributed by atoms with Gasteiger partial charge in [0.05, 0.1) is 38.0 Å². The predicted octanol–water partition coefficient (Wildman–Crippen LogP) is -4.81. The quantitative estimate of drug-likeness (QED) is 0.0203. The van der Waals surface area contributed by atoms with Gasteiger partial charge < -0.3 is 129 Å². The van der Waals surface area contributed by atoms with Crippen molar-refractivity contribution < 1.29 is 122 Å². The first kappa shape index (κ1) is 96.8. The van der Waals surface area contributed by atoms with E-state index in [1.165, 1.54) is 91.8 Å². The van der Waals surface area contributed by atoms with E-state index in [1.807, 2.05) is 19.9 Å². The molecule has 0 bridgehead atoms. The molecule has 20 N–H and O–H groups in total. The molecule has 24 atom stereocenters. The Morgan fingerprint density at radius 3 is 1.98 bits per heavy atom. The maximum Gasteiger partial charge on any atom is 0.329 e. The van der Waals surface area contributed by atoms with Crippen LogP contribution in [0.5, 0.6) is 5.75 Å². The number of halogens is 1. The molecule has 4 rings (SSSR count). The highest BCUT2D eigenvalue weighted by molar-refractivity contribution is 6.21. The average molecular weight is 1630 g/mol. The fourth-order valence-electron chi connectivity index (χ4n) is 12.5. The first-order valence-corrected chi connectivity index (χ1v) is 37.7. The Hall–Kier alpha value is -8.54. The molecule has 0 radical (unpaired) electrons. The number of fused-ring (bicyclic) bond motifs is 1. The Morgan fingerprint density at radius 2 is 1.43 bits per heavy atom. The molecule has 113 heavy (non-hydrogen) atoms. The number of hydrogen-bond acceptors (Lipinski definition) is 26. The van der Waals surface area contributed by atoms with Crippen LogP contribution in [-0.2, 0) is 81.3 Å². The van der Waals surface area contributed by atoms with Gasteiger partial charge >= 0.3 is 5.97 Å². The number of allylic oxidation sites excluding steroid dienone is 3. The van der Waals surface area contributed by atoms with E-state index in [4.69, 9.17) is 46.8 Å². The second-order valence-electron chi connectivity index (χ2n) is 30.5. The molecule has 0 aliphatic carbocycles. The van der Waals surface area contributed by atoms with E-state index >= 15 is 19.2 Å². The van der Waals surface area contributed by atoms with Crippen LogP contribution < -0.4 is 64.1 Å². The summed E-state index contributed by atoms with van der Waals surface area (Å²) in [5, 5.41) is 96.4. The highest BCUT2D eigenvalue weighted by atomic mass is 35.5. The summed E-state index contributed by atoms with van der Waals surface area (Å²) in [5.41, 5.74) is 6.48. The Bertz CT molecular complexity index is 3580. The monoisotopic (exact) mass is 1620 g/mol. The summed E-state index contributed by atoms with van der Waals surface area (Å²) in [7, 11) is 3.43. The molecular formula is C74H118ClN13O25. The van der Waals surface area contributed by atoms with Gasteiger partial charge in [0.15, 0.2) is 5.60 Å². The standard InChI is InChI=1S/C74H118ClN13O25/c1-19-34(4)28-35(5)20-25-47(91)74(15,108)71(107)79-31-49(93)86-73(14,41(11)90)70(106)85-51(37(7)76)62(99)82-50(36(6)72(12,13)69(77)105)61(98)83-52-58(33(2)3)113-67(104)46-29-43(75)26-27-88(46)66(103)53(59(110-18)42-21-23-44(24-22-42)112-68-57(96)56(95)55(94)40(10)111-68)84-64(101)54(39(9)89)87(16)65(102)38(8)80-48(92)30-78-60(97)45(32-109-17)81-63(52)100/h20-25,28,33-34,36-41,43,45-47,50-59,68,89-91,94-96,108H,19,26-27,29-32,76H2,1-18H3,(H2,77,105)(H,78,97)(H,79,107)(H,80,92)(H,81,100)(H,82,99)(H,83,98)(H,84,101)(H,85,106)(H,86,93). The Morgan fingerprint density at radius 1 is 0.814 bits per heavy atom. The highest BCUT2D eigenvalue weighted by Crippen LogP contribution is 2.34. The number of rotatable bonds is 29. The molecule has 0 spiro atoms. The van der Waals surface area contributed by atoms with E-state index in [2.05, 4.69) is 47.9 Å². The second kappa shape index (κ2) is 42.2. The number of nitrogens with two attached hydrogens (primary N) is 2. The van der Waals surface area contributed by atoms with Gasteiger partial charge in [-0.3, -0.25) is 57.5 Å². The Labute approximate surface area is 662 Å². The normalized spacial score (nSPS) is 27.9.